The molecule has 0 saturated carbocycles. The molecule has 1 aliphatic rings. The van der Waals surface area contributed by atoms with Crippen molar-refractivity contribution in [3.63, 3.8) is 0 Å². The van der Waals surface area contributed by atoms with Crippen LogP contribution in [-0.2, 0) is 11.2 Å². The highest BCUT2D eigenvalue weighted by atomic mass is 16.4. The summed E-state index contributed by atoms with van der Waals surface area (Å²) >= 11 is 0. The Kier molecular flexibility index (Phi) is 4.90. The third-order valence-corrected chi connectivity index (χ3v) is 4.89. The van der Waals surface area contributed by atoms with Crippen LogP contribution in [-0.4, -0.2) is 51.2 Å². The lowest BCUT2D eigenvalue weighted by Gasteiger charge is -2.43. The zero-order valence-electron chi connectivity index (χ0n) is 14.2. The van der Waals surface area contributed by atoms with Crippen molar-refractivity contribution in [1.82, 2.24) is 9.88 Å². The fourth-order valence-electron chi connectivity index (χ4n) is 3.39. The molecule has 0 spiro atoms. The van der Waals surface area contributed by atoms with Gasteiger partial charge in [0.15, 0.2) is 0 Å². The minimum absolute atomic E-state index is 0.0679. The van der Waals surface area contributed by atoms with Crippen LogP contribution in [0.5, 0.6) is 0 Å². The Balaban J connectivity index is 1.88. The number of hydrogen-bond donors (Lipinski definition) is 3. The summed E-state index contributed by atoms with van der Waals surface area (Å²) in [6.07, 6.45) is 0.692. The van der Waals surface area contributed by atoms with E-state index in [0.717, 1.165) is 5.56 Å². The number of aliphatic carboxylic acids is 1. The standard InChI is InChI=1S/C19H21N3O4/c20-16-7-6-14(11-21-16)17(24)22-9-8-15(23)19(12-22,18(25)26)10-13-4-2-1-3-5-13/h1-7,11,15,23H,8-10,12H2,(H2,20,21)(H,25,26)/t15-,19+/m0/s1. The molecule has 1 fully saturated rings. The van der Waals surface area contributed by atoms with Crippen LogP contribution in [0.4, 0.5) is 5.82 Å². The van der Waals surface area contributed by atoms with E-state index in [4.69, 9.17) is 5.73 Å². The van der Waals surface area contributed by atoms with Gasteiger partial charge < -0.3 is 20.8 Å². The molecule has 0 bridgehead atoms. The number of carbonyl (C=O) groups is 2. The number of pyridine rings is 1. The SMILES string of the molecule is Nc1ccc(C(=O)N2CC[C@H](O)[C@](Cc3ccccc3)(C(=O)O)C2)cn1. The van der Waals surface area contributed by atoms with E-state index in [1.807, 2.05) is 30.3 Å². The summed E-state index contributed by atoms with van der Waals surface area (Å²) in [6.45, 7) is 0.218. The molecule has 7 nitrogen and oxygen atoms in total. The minimum atomic E-state index is -1.45. The average Bonchev–Trinajstić information content (AvgIpc) is 2.64. The summed E-state index contributed by atoms with van der Waals surface area (Å²) in [5.74, 6) is -1.12. The predicted octanol–water partition coefficient (Wildman–Crippen LogP) is 1.18. The van der Waals surface area contributed by atoms with Gasteiger partial charge in [-0.1, -0.05) is 30.3 Å². The Morgan fingerprint density at radius 2 is 1.96 bits per heavy atom. The number of amides is 1. The van der Waals surface area contributed by atoms with Crippen molar-refractivity contribution in [2.45, 2.75) is 18.9 Å². The van der Waals surface area contributed by atoms with Gasteiger partial charge in [0.05, 0.1) is 11.7 Å². The molecule has 1 amide bonds. The van der Waals surface area contributed by atoms with Crippen LogP contribution in [0.15, 0.2) is 48.7 Å². The predicted molar refractivity (Wildman–Crippen MR) is 95.4 cm³/mol. The van der Waals surface area contributed by atoms with Gasteiger partial charge in [-0.3, -0.25) is 9.59 Å². The summed E-state index contributed by atoms with van der Waals surface area (Å²) in [5, 5.41) is 20.4. The summed E-state index contributed by atoms with van der Waals surface area (Å²) in [5.41, 5.74) is 5.24. The number of piperidine rings is 1. The molecule has 0 unspecified atom stereocenters. The van der Waals surface area contributed by atoms with Crippen LogP contribution >= 0.6 is 0 Å². The van der Waals surface area contributed by atoms with Crippen LogP contribution in [0.3, 0.4) is 0 Å². The maximum atomic E-state index is 12.8. The Labute approximate surface area is 151 Å². The lowest BCUT2D eigenvalue weighted by molar-refractivity contribution is -0.161. The number of aromatic nitrogens is 1. The second-order valence-corrected chi connectivity index (χ2v) is 6.63. The number of aliphatic hydroxyl groups excluding tert-OH is 1. The second kappa shape index (κ2) is 7.13. The summed E-state index contributed by atoms with van der Waals surface area (Å²) < 4.78 is 0. The van der Waals surface area contributed by atoms with E-state index >= 15 is 0 Å². The molecule has 7 heteroatoms. The van der Waals surface area contributed by atoms with Crippen molar-refractivity contribution in [2.24, 2.45) is 5.41 Å². The molecular weight excluding hydrogens is 334 g/mol. The van der Waals surface area contributed by atoms with E-state index in [9.17, 15) is 19.8 Å². The number of nitrogens with two attached hydrogens (primary N) is 1. The molecular formula is C19H21N3O4. The zero-order valence-corrected chi connectivity index (χ0v) is 14.2. The Morgan fingerprint density at radius 1 is 1.23 bits per heavy atom. The number of aliphatic hydroxyl groups is 1. The number of nitrogen functional groups attached to an aromatic ring is 1. The maximum absolute atomic E-state index is 12.8. The summed E-state index contributed by atoms with van der Waals surface area (Å²) in [4.78, 5) is 30.2. The van der Waals surface area contributed by atoms with E-state index in [1.54, 1.807) is 6.07 Å². The molecule has 4 N–H and O–H groups in total. The molecule has 1 aromatic heterocycles. The van der Waals surface area contributed by atoms with E-state index in [-0.39, 0.29) is 31.8 Å². The number of carbonyl (C=O) groups excluding carboxylic acids is 1. The molecule has 0 aliphatic carbocycles. The first kappa shape index (κ1) is 17.9. The number of likely N-dealkylation sites (tertiary alicyclic amines) is 1. The van der Waals surface area contributed by atoms with Crippen LogP contribution < -0.4 is 5.73 Å². The Hall–Kier alpha value is -2.93. The number of anilines is 1. The molecule has 3 rings (SSSR count). The van der Waals surface area contributed by atoms with Crippen LogP contribution in [0.2, 0.25) is 0 Å². The molecule has 2 heterocycles. The molecule has 26 heavy (non-hydrogen) atoms. The quantitative estimate of drug-likeness (QED) is 0.758. The van der Waals surface area contributed by atoms with Crippen molar-refractivity contribution in [2.75, 3.05) is 18.8 Å². The highest BCUT2D eigenvalue weighted by molar-refractivity contribution is 5.94. The van der Waals surface area contributed by atoms with Crippen molar-refractivity contribution >= 4 is 17.7 Å². The van der Waals surface area contributed by atoms with Crippen molar-refractivity contribution in [3.8, 4) is 0 Å². The zero-order chi connectivity index (χ0) is 18.7. The molecule has 2 aromatic rings. The van der Waals surface area contributed by atoms with Crippen LogP contribution in [0, 0.1) is 5.41 Å². The highest BCUT2D eigenvalue weighted by Gasteiger charge is 2.50. The Morgan fingerprint density at radius 3 is 2.58 bits per heavy atom. The highest BCUT2D eigenvalue weighted by Crippen LogP contribution is 2.35. The average molecular weight is 355 g/mol. The van der Waals surface area contributed by atoms with Gasteiger partial charge in [0.1, 0.15) is 11.2 Å². The van der Waals surface area contributed by atoms with E-state index in [1.165, 1.54) is 17.2 Å². The maximum Gasteiger partial charge on any atom is 0.314 e. The summed E-state index contributed by atoms with van der Waals surface area (Å²) in [6, 6.07) is 12.2. The van der Waals surface area contributed by atoms with Gasteiger partial charge in [-0.15, -0.1) is 0 Å². The summed E-state index contributed by atoms with van der Waals surface area (Å²) in [7, 11) is 0. The molecule has 1 saturated heterocycles. The lowest BCUT2D eigenvalue weighted by atomic mass is 9.72. The topological polar surface area (TPSA) is 117 Å². The van der Waals surface area contributed by atoms with Crippen molar-refractivity contribution < 1.29 is 19.8 Å². The number of carboxylic acid groups (broad SMARTS) is 1. The molecule has 1 aromatic carbocycles. The van der Waals surface area contributed by atoms with Gasteiger partial charge in [-0.2, -0.15) is 0 Å². The van der Waals surface area contributed by atoms with E-state index in [2.05, 4.69) is 4.98 Å². The molecule has 136 valence electrons. The van der Waals surface area contributed by atoms with Gasteiger partial charge in [-0.05, 0) is 30.5 Å². The first-order chi connectivity index (χ1) is 12.4. The molecule has 2 atom stereocenters. The van der Waals surface area contributed by atoms with Crippen LogP contribution in [0.25, 0.3) is 0 Å². The van der Waals surface area contributed by atoms with Crippen molar-refractivity contribution in [1.29, 1.82) is 0 Å². The van der Waals surface area contributed by atoms with Crippen molar-refractivity contribution in [3.05, 3.63) is 59.8 Å². The third kappa shape index (κ3) is 3.39. The molecule has 0 radical (unpaired) electrons. The number of benzene rings is 1. The van der Waals surface area contributed by atoms with Gasteiger partial charge in [-0.25, -0.2) is 4.98 Å². The number of rotatable bonds is 4. The van der Waals surface area contributed by atoms with Gasteiger partial charge in [0, 0.05) is 19.3 Å². The fourth-order valence-corrected chi connectivity index (χ4v) is 3.39. The van der Waals surface area contributed by atoms with E-state index in [0.29, 0.717) is 11.4 Å². The Bertz CT molecular complexity index is 794. The second-order valence-electron chi connectivity index (χ2n) is 6.63. The minimum Gasteiger partial charge on any atom is -0.481 e. The molecule has 1 aliphatic heterocycles. The van der Waals surface area contributed by atoms with Gasteiger partial charge in [0.2, 0.25) is 0 Å². The lowest BCUT2D eigenvalue weighted by Crippen LogP contribution is -2.58. The van der Waals surface area contributed by atoms with Gasteiger partial charge in [0.25, 0.3) is 5.91 Å². The smallest absolute Gasteiger partial charge is 0.314 e. The van der Waals surface area contributed by atoms with Crippen LogP contribution in [0.1, 0.15) is 22.3 Å². The number of carboxylic acids is 1. The van der Waals surface area contributed by atoms with Gasteiger partial charge >= 0.3 is 5.97 Å². The first-order valence-corrected chi connectivity index (χ1v) is 8.38. The first-order valence-electron chi connectivity index (χ1n) is 8.38. The number of hydrogen-bond acceptors (Lipinski definition) is 5. The fraction of sp³-hybridized carbons (Fsp3) is 0.316. The monoisotopic (exact) mass is 355 g/mol. The normalized spacial score (nSPS) is 22.8. The largest absolute Gasteiger partial charge is 0.481 e. The third-order valence-electron chi connectivity index (χ3n) is 4.89. The number of nitrogens with zero attached hydrogens (tertiary/aromatic N) is 2. The van der Waals surface area contributed by atoms with E-state index < -0.39 is 17.5 Å².